The number of aliphatic hydroxyl groups is 2. The first-order valence-corrected chi connectivity index (χ1v) is 9.77. The van der Waals surface area contributed by atoms with Crippen molar-refractivity contribution in [3.63, 3.8) is 0 Å². The molecule has 0 heterocycles. The lowest BCUT2D eigenvalue weighted by molar-refractivity contribution is -0.0343. The Labute approximate surface area is 178 Å². The molecular weight excluding hydrogens is 388 g/mol. The Balaban J connectivity index is 3.07. The van der Waals surface area contributed by atoms with Crippen LogP contribution in [-0.4, -0.2) is 57.4 Å². The second kappa shape index (κ2) is 10.4. The van der Waals surface area contributed by atoms with Gasteiger partial charge in [0.2, 0.25) is 0 Å². The molecule has 1 rings (SSSR count). The van der Waals surface area contributed by atoms with Gasteiger partial charge in [0.05, 0.1) is 12.7 Å². The molecule has 0 aliphatic carbocycles. The van der Waals surface area contributed by atoms with Crippen molar-refractivity contribution >= 4 is 18.3 Å². The van der Waals surface area contributed by atoms with E-state index in [4.69, 9.17) is 9.47 Å². The van der Waals surface area contributed by atoms with Gasteiger partial charge in [-0.25, -0.2) is 20.0 Å². The van der Waals surface area contributed by atoms with Crippen LogP contribution in [0.25, 0.3) is 6.08 Å². The van der Waals surface area contributed by atoms with E-state index in [2.05, 4.69) is 5.43 Å². The first-order chi connectivity index (χ1) is 13.7. The third-order valence-electron chi connectivity index (χ3n) is 3.68. The Morgan fingerprint density at radius 3 is 2.07 bits per heavy atom. The van der Waals surface area contributed by atoms with Gasteiger partial charge in [-0.2, -0.15) is 0 Å². The number of nitrogens with one attached hydrogen (secondary N) is 1. The van der Waals surface area contributed by atoms with Crippen molar-refractivity contribution in [3.8, 4) is 0 Å². The molecule has 1 aromatic carbocycles. The number of aryl methyl sites for hydroxylation is 1. The average molecular weight is 423 g/mol. The molecule has 0 spiro atoms. The largest absolute Gasteiger partial charge is 0.443 e. The van der Waals surface area contributed by atoms with Crippen LogP contribution >= 0.6 is 0 Å². The van der Waals surface area contributed by atoms with E-state index in [0.29, 0.717) is 0 Å². The van der Waals surface area contributed by atoms with E-state index < -0.39 is 42.1 Å². The summed E-state index contributed by atoms with van der Waals surface area (Å²) in [6, 6.07) is 6.39. The summed E-state index contributed by atoms with van der Waals surface area (Å²) in [6.45, 7) is 11.3. The fraction of sp³-hybridized carbons (Fsp3) is 0.545. The van der Waals surface area contributed by atoms with Crippen molar-refractivity contribution in [2.24, 2.45) is 0 Å². The first kappa shape index (κ1) is 25.5. The third-order valence-corrected chi connectivity index (χ3v) is 3.68. The number of hydrazine groups is 1. The number of carbonyl (C=O) groups is 2. The Morgan fingerprint density at radius 2 is 1.60 bits per heavy atom. The predicted molar refractivity (Wildman–Crippen MR) is 115 cm³/mol. The number of hydrogen-bond donors (Lipinski definition) is 3. The van der Waals surface area contributed by atoms with Gasteiger partial charge in [-0.3, -0.25) is 0 Å². The fourth-order valence-electron chi connectivity index (χ4n) is 2.33. The molecule has 0 aliphatic heterocycles. The first-order valence-electron chi connectivity index (χ1n) is 9.77. The van der Waals surface area contributed by atoms with Gasteiger partial charge in [0.1, 0.15) is 17.2 Å². The lowest BCUT2D eigenvalue weighted by Gasteiger charge is -2.34. The molecule has 0 bridgehead atoms. The monoisotopic (exact) mass is 422 g/mol. The molecule has 30 heavy (non-hydrogen) atoms. The van der Waals surface area contributed by atoms with Crippen molar-refractivity contribution in [2.75, 3.05) is 6.61 Å². The maximum absolute atomic E-state index is 12.7. The van der Waals surface area contributed by atoms with E-state index in [0.717, 1.165) is 16.1 Å². The molecule has 0 saturated carbocycles. The average Bonchev–Trinajstić information content (AvgIpc) is 2.58. The van der Waals surface area contributed by atoms with Crippen LogP contribution in [0, 0.1) is 6.92 Å². The summed E-state index contributed by atoms with van der Waals surface area (Å²) in [5, 5.41) is 21.2. The van der Waals surface area contributed by atoms with Crippen LogP contribution in [0.1, 0.15) is 52.7 Å². The Hall–Kier alpha value is -2.58. The smallest absolute Gasteiger partial charge is 0.429 e. The van der Waals surface area contributed by atoms with Gasteiger partial charge >= 0.3 is 12.2 Å². The minimum atomic E-state index is -1.29. The van der Waals surface area contributed by atoms with E-state index in [1.54, 1.807) is 47.6 Å². The highest BCUT2D eigenvalue weighted by molar-refractivity contribution is 5.75. The molecule has 0 aromatic heterocycles. The molecule has 8 heteroatoms. The van der Waals surface area contributed by atoms with Gasteiger partial charge < -0.3 is 19.7 Å². The Morgan fingerprint density at radius 1 is 1.07 bits per heavy atom. The topological polar surface area (TPSA) is 108 Å². The number of rotatable bonds is 5. The van der Waals surface area contributed by atoms with Gasteiger partial charge in [-0.15, -0.1) is 0 Å². The maximum atomic E-state index is 12.7. The summed E-state index contributed by atoms with van der Waals surface area (Å²) >= 11 is 0. The van der Waals surface area contributed by atoms with Crippen LogP contribution < -0.4 is 5.43 Å². The summed E-state index contributed by atoms with van der Waals surface area (Å²) in [7, 11) is 0. The zero-order chi connectivity index (χ0) is 23.1. The zero-order valence-electron chi connectivity index (χ0n) is 18.8. The van der Waals surface area contributed by atoms with Gasteiger partial charge in [-0.05, 0) is 54.0 Å². The van der Waals surface area contributed by atoms with Gasteiger partial charge in [0.25, 0.3) is 0 Å². The minimum absolute atomic E-state index is 0.631. The Bertz CT molecular complexity index is 731. The highest BCUT2D eigenvalue weighted by Crippen LogP contribution is 2.15. The summed E-state index contributed by atoms with van der Waals surface area (Å²) < 4.78 is 10.5. The number of ether oxygens (including phenoxy) is 2. The second-order valence-corrected chi connectivity index (χ2v) is 8.97. The van der Waals surface area contributed by atoms with Crippen molar-refractivity contribution in [2.45, 2.75) is 71.8 Å². The number of carbonyl (C=O) groups excluding carboxylic acids is 2. The van der Waals surface area contributed by atoms with Crippen LogP contribution in [0.15, 0.2) is 30.3 Å². The van der Waals surface area contributed by atoms with E-state index in [1.165, 1.54) is 6.08 Å². The van der Waals surface area contributed by atoms with Crippen molar-refractivity contribution in [3.05, 3.63) is 41.5 Å². The van der Waals surface area contributed by atoms with Crippen LogP contribution in [0.3, 0.4) is 0 Å². The van der Waals surface area contributed by atoms with Crippen molar-refractivity contribution in [1.29, 1.82) is 0 Å². The molecule has 2 amide bonds. The maximum Gasteiger partial charge on any atom is 0.429 e. The van der Waals surface area contributed by atoms with Crippen LogP contribution in [0.5, 0.6) is 0 Å². The van der Waals surface area contributed by atoms with Gasteiger partial charge in [-0.1, -0.05) is 42.0 Å². The standard InChI is InChI=1S/C22H34N2O6/c1-15-8-10-16(11-9-15)12-13-18(26)17(14-25)24(20(28)30-22(5,6)7)23-19(27)29-21(2,3)4/h8-13,17-18,25-26H,14H2,1-7H3,(H,23,27)/b13-12+/t17?,18-/m1/s1. The molecule has 0 radical (unpaired) electrons. The highest BCUT2D eigenvalue weighted by atomic mass is 16.6. The van der Waals surface area contributed by atoms with Crippen molar-refractivity contribution < 1.29 is 29.3 Å². The van der Waals surface area contributed by atoms with E-state index in [1.807, 2.05) is 31.2 Å². The molecule has 8 nitrogen and oxygen atoms in total. The molecule has 1 unspecified atom stereocenters. The summed E-state index contributed by atoms with van der Waals surface area (Å²) in [6.07, 6.45) is -0.0526. The van der Waals surface area contributed by atoms with Crippen LogP contribution in [0.2, 0.25) is 0 Å². The SMILES string of the molecule is Cc1ccc(/C=C/[C@@H](O)C(CO)N(NC(=O)OC(C)(C)C)C(=O)OC(C)(C)C)cc1. The molecule has 0 saturated heterocycles. The van der Waals surface area contributed by atoms with Crippen LogP contribution in [0.4, 0.5) is 9.59 Å². The molecule has 3 N–H and O–H groups in total. The molecule has 168 valence electrons. The molecule has 0 aliphatic rings. The normalized spacial score (nSPS) is 14.2. The summed E-state index contributed by atoms with van der Waals surface area (Å²) in [5.41, 5.74) is 2.55. The summed E-state index contributed by atoms with van der Waals surface area (Å²) in [4.78, 5) is 24.9. The molecular formula is C22H34N2O6. The van der Waals surface area contributed by atoms with E-state index in [9.17, 15) is 19.8 Å². The molecule has 1 aromatic rings. The number of aliphatic hydroxyl groups excluding tert-OH is 2. The lowest BCUT2D eigenvalue weighted by atomic mass is 10.1. The summed E-state index contributed by atoms with van der Waals surface area (Å²) in [5.74, 6) is 0. The zero-order valence-corrected chi connectivity index (χ0v) is 18.8. The molecule has 0 fully saturated rings. The molecule has 2 atom stereocenters. The van der Waals surface area contributed by atoms with Crippen molar-refractivity contribution in [1.82, 2.24) is 10.4 Å². The number of amides is 2. The van der Waals surface area contributed by atoms with Gasteiger partial charge in [0.15, 0.2) is 0 Å². The Kier molecular flexibility index (Phi) is 8.87. The minimum Gasteiger partial charge on any atom is -0.443 e. The second-order valence-electron chi connectivity index (χ2n) is 8.97. The quantitative estimate of drug-likeness (QED) is 0.628. The van der Waals surface area contributed by atoms with Gasteiger partial charge in [0, 0.05) is 0 Å². The lowest BCUT2D eigenvalue weighted by Crippen LogP contribution is -2.58. The predicted octanol–water partition coefficient (Wildman–Crippen LogP) is 3.41. The number of benzene rings is 1. The van der Waals surface area contributed by atoms with Crippen LogP contribution in [-0.2, 0) is 9.47 Å². The number of hydrogen-bond acceptors (Lipinski definition) is 6. The number of nitrogens with zero attached hydrogens (tertiary/aromatic N) is 1. The fourth-order valence-corrected chi connectivity index (χ4v) is 2.33. The van der Waals surface area contributed by atoms with E-state index >= 15 is 0 Å². The van der Waals surface area contributed by atoms with E-state index in [-0.39, 0.29) is 0 Å². The third kappa shape index (κ3) is 9.28. The highest BCUT2D eigenvalue weighted by Gasteiger charge is 2.34.